The van der Waals surface area contributed by atoms with Crippen molar-refractivity contribution < 1.29 is 9.59 Å². The second-order valence-electron chi connectivity index (χ2n) is 4.53. The Balaban J connectivity index is 3.03. The van der Waals surface area contributed by atoms with Crippen molar-refractivity contribution in [3.63, 3.8) is 0 Å². The summed E-state index contributed by atoms with van der Waals surface area (Å²) in [5.74, 6) is 0.0924. The molecule has 0 aromatic heterocycles. The summed E-state index contributed by atoms with van der Waals surface area (Å²) >= 11 is 3.43. The number of Topliss-reactive ketones (excluding diaryl/α,β-unsaturated/α-hetero) is 1. The molecule has 0 unspecified atom stereocenters. The molecule has 0 aromatic rings. The summed E-state index contributed by atoms with van der Waals surface area (Å²) in [5.41, 5.74) is 0. The van der Waals surface area contributed by atoms with E-state index < -0.39 is 0 Å². The fraction of sp³-hybridized carbons (Fsp3) is 0.857. The molecule has 0 saturated carbocycles. The van der Waals surface area contributed by atoms with E-state index in [9.17, 15) is 9.59 Å². The number of aldehydes is 1. The molecule has 0 bridgehead atoms. The highest BCUT2D eigenvalue weighted by Crippen LogP contribution is 2.11. The van der Waals surface area contributed by atoms with E-state index in [1.165, 1.54) is 44.9 Å². The molecule has 0 N–H and O–H groups in total. The zero-order valence-electron chi connectivity index (χ0n) is 10.8. The van der Waals surface area contributed by atoms with Gasteiger partial charge in [-0.2, -0.15) is 0 Å². The Morgan fingerprint density at radius 1 is 0.824 bits per heavy atom. The Morgan fingerprint density at radius 3 is 1.76 bits per heavy atom. The Bertz CT molecular complexity index is 193. The fourth-order valence-corrected chi connectivity index (χ4v) is 2.25. The SMILES string of the molecule is O=CCC(=O)CCCCCCCCCCCBr. The van der Waals surface area contributed by atoms with Gasteiger partial charge in [-0.1, -0.05) is 60.9 Å². The van der Waals surface area contributed by atoms with Crippen LogP contribution in [0.2, 0.25) is 0 Å². The standard InChI is InChI=1S/C14H25BrO2/c15-12-9-7-5-3-1-2-4-6-8-10-14(17)11-13-16/h13H,1-12H2. The highest BCUT2D eigenvalue weighted by molar-refractivity contribution is 9.09. The van der Waals surface area contributed by atoms with Crippen LogP contribution in [-0.2, 0) is 9.59 Å². The van der Waals surface area contributed by atoms with Gasteiger partial charge in [0, 0.05) is 11.8 Å². The van der Waals surface area contributed by atoms with Crippen molar-refractivity contribution in [3.05, 3.63) is 0 Å². The van der Waals surface area contributed by atoms with E-state index in [0.29, 0.717) is 12.7 Å². The Labute approximate surface area is 114 Å². The van der Waals surface area contributed by atoms with Crippen molar-refractivity contribution in [2.24, 2.45) is 0 Å². The lowest BCUT2D eigenvalue weighted by Crippen LogP contribution is -1.97. The van der Waals surface area contributed by atoms with Crippen molar-refractivity contribution >= 4 is 28.0 Å². The maximum absolute atomic E-state index is 11.0. The minimum Gasteiger partial charge on any atom is -0.303 e. The Hall–Kier alpha value is -0.180. The number of hydrogen-bond acceptors (Lipinski definition) is 2. The number of carbonyl (C=O) groups excluding carboxylic acids is 2. The molecule has 0 aliphatic rings. The van der Waals surface area contributed by atoms with Crippen molar-refractivity contribution in [1.29, 1.82) is 0 Å². The fourth-order valence-electron chi connectivity index (χ4n) is 1.85. The van der Waals surface area contributed by atoms with Crippen molar-refractivity contribution in [2.45, 2.75) is 70.6 Å². The van der Waals surface area contributed by atoms with Gasteiger partial charge in [0.2, 0.25) is 0 Å². The number of unbranched alkanes of at least 4 members (excludes halogenated alkanes) is 8. The van der Waals surface area contributed by atoms with Gasteiger partial charge in [-0.15, -0.1) is 0 Å². The number of carbonyl (C=O) groups is 2. The molecule has 0 amide bonds. The first-order valence-electron chi connectivity index (χ1n) is 6.82. The van der Waals surface area contributed by atoms with Gasteiger partial charge < -0.3 is 4.79 Å². The molecule has 0 rings (SSSR count). The van der Waals surface area contributed by atoms with Gasteiger partial charge >= 0.3 is 0 Å². The van der Waals surface area contributed by atoms with E-state index in [1.807, 2.05) is 0 Å². The topological polar surface area (TPSA) is 34.1 Å². The van der Waals surface area contributed by atoms with Gasteiger partial charge in [0.25, 0.3) is 0 Å². The monoisotopic (exact) mass is 304 g/mol. The summed E-state index contributed by atoms with van der Waals surface area (Å²) in [7, 11) is 0. The Morgan fingerprint density at radius 2 is 1.29 bits per heavy atom. The molecule has 0 aromatic carbocycles. The van der Waals surface area contributed by atoms with Gasteiger partial charge in [0.05, 0.1) is 6.42 Å². The number of ketones is 1. The van der Waals surface area contributed by atoms with E-state index in [0.717, 1.165) is 18.2 Å². The maximum atomic E-state index is 11.0. The third kappa shape index (κ3) is 13.8. The molecule has 0 fully saturated rings. The lowest BCUT2D eigenvalue weighted by Gasteiger charge is -2.01. The van der Waals surface area contributed by atoms with Crippen LogP contribution in [0.15, 0.2) is 0 Å². The minimum absolute atomic E-state index is 0.0924. The summed E-state index contributed by atoms with van der Waals surface area (Å²) in [6.07, 6.45) is 12.6. The first-order chi connectivity index (χ1) is 8.31. The van der Waals surface area contributed by atoms with Crippen LogP contribution >= 0.6 is 15.9 Å². The number of halogens is 1. The second kappa shape index (κ2) is 13.9. The first kappa shape index (κ1) is 16.8. The van der Waals surface area contributed by atoms with Crippen molar-refractivity contribution in [1.82, 2.24) is 0 Å². The highest BCUT2D eigenvalue weighted by atomic mass is 79.9. The molecule has 2 nitrogen and oxygen atoms in total. The van der Waals surface area contributed by atoms with Gasteiger partial charge in [0.15, 0.2) is 0 Å². The molecule has 100 valence electrons. The van der Waals surface area contributed by atoms with Crippen LogP contribution in [0.3, 0.4) is 0 Å². The third-order valence-corrected chi connectivity index (χ3v) is 3.46. The lowest BCUT2D eigenvalue weighted by atomic mass is 10.1. The van der Waals surface area contributed by atoms with Gasteiger partial charge in [-0.25, -0.2) is 0 Å². The maximum Gasteiger partial charge on any atom is 0.139 e. The molecule has 0 spiro atoms. The van der Waals surface area contributed by atoms with Gasteiger partial charge in [0.1, 0.15) is 12.1 Å². The van der Waals surface area contributed by atoms with Crippen molar-refractivity contribution in [2.75, 3.05) is 5.33 Å². The largest absolute Gasteiger partial charge is 0.303 e. The lowest BCUT2D eigenvalue weighted by molar-refractivity contribution is -0.122. The molecular weight excluding hydrogens is 280 g/mol. The van der Waals surface area contributed by atoms with Crippen LogP contribution < -0.4 is 0 Å². The molecule has 17 heavy (non-hydrogen) atoms. The van der Waals surface area contributed by atoms with E-state index in [1.54, 1.807) is 0 Å². The first-order valence-corrected chi connectivity index (χ1v) is 7.94. The third-order valence-electron chi connectivity index (χ3n) is 2.90. The van der Waals surface area contributed by atoms with Crippen LogP contribution in [0.5, 0.6) is 0 Å². The van der Waals surface area contributed by atoms with E-state index >= 15 is 0 Å². The molecule has 0 atom stereocenters. The summed E-state index contributed by atoms with van der Waals surface area (Å²) in [5, 5.41) is 1.13. The van der Waals surface area contributed by atoms with Crippen LogP contribution in [0.1, 0.15) is 70.6 Å². The molecule has 0 aliphatic carbocycles. The smallest absolute Gasteiger partial charge is 0.139 e. The molecular formula is C14H25BrO2. The predicted octanol–water partition coefficient (Wildman–Crippen LogP) is 4.44. The zero-order chi connectivity index (χ0) is 12.8. The summed E-state index contributed by atoms with van der Waals surface area (Å²) < 4.78 is 0. The van der Waals surface area contributed by atoms with Gasteiger partial charge in [-0.3, -0.25) is 4.79 Å². The summed E-state index contributed by atoms with van der Waals surface area (Å²) in [4.78, 5) is 21.1. The zero-order valence-corrected chi connectivity index (χ0v) is 12.3. The number of rotatable bonds is 13. The average Bonchev–Trinajstić information content (AvgIpc) is 2.32. The quantitative estimate of drug-likeness (QED) is 0.218. The number of alkyl halides is 1. The van der Waals surface area contributed by atoms with Crippen LogP contribution in [0, 0.1) is 0 Å². The molecule has 0 saturated heterocycles. The normalized spacial score (nSPS) is 10.4. The second-order valence-corrected chi connectivity index (χ2v) is 5.32. The minimum atomic E-state index is 0.0924. The van der Waals surface area contributed by atoms with Crippen LogP contribution in [-0.4, -0.2) is 17.4 Å². The molecule has 0 aliphatic heterocycles. The van der Waals surface area contributed by atoms with E-state index in [4.69, 9.17) is 0 Å². The van der Waals surface area contributed by atoms with Crippen LogP contribution in [0.25, 0.3) is 0 Å². The van der Waals surface area contributed by atoms with Crippen LogP contribution in [0.4, 0.5) is 0 Å². The highest BCUT2D eigenvalue weighted by Gasteiger charge is 1.99. The summed E-state index contributed by atoms with van der Waals surface area (Å²) in [6, 6.07) is 0. The Kier molecular flexibility index (Phi) is 13.7. The molecule has 0 radical (unpaired) electrons. The van der Waals surface area contributed by atoms with E-state index in [2.05, 4.69) is 15.9 Å². The predicted molar refractivity (Wildman–Crippen MR) is 75.7 cm³/mol. The van der Waals surface area contributed by atoms with E-state index in [-0.39, 0.29) is 12.2 Å². The molecule has 0 heterocycles. The number of hydrogen-bond donors (Lipinski definition) is 0. The average molecular weight is 305 g/mol. The molecule has 3 heteroatoms. The van der Waals surface area contributed by atoms with Gasteiger partial charge in [-0.05, 0) is 12.8 Å². The summed E-state index contributed by atoms with van der Waals surface area (Å²) in [6.45, 7) is 0. The van der Waals surface area contributed by atoms with Crippen molar-refractivity contribution in [3.8, 4) is 0 Å².